The van der Waals surface area contributed by atoms with Gasteiger partial charge in [-0.2, -0.15) is 0 Å². The molecule has 33 heavy (non-hydrogen) atoms. The van der Waals surface area contributed by atoms with Crippen molar-refractivity contribution in [1.29, 1.82) is 0 Å². The molecule has 6 nitrogen and oxygen atoms in total. The summed E-state index contributed by atoms with van der Waals surface area (Å²) in [7, 11) is 3.20. The number of benzene rings is 3. The predicted octanol–water partition coefficient (Wildman–Crippen LogP) is 5.10. The quantitative estimate of drug-likeness (QED) is 0.395. The lowest BCUT2D eigenvalue weighted by Crippen LogP contribution is -2.38. The fourth-order valence-electron chi connectivity index (χ4n) is 4.59. The van der Waals surface area contributed by atoms with Gasteiger partial charge in [0.25, 0.3) is 5.91 Å². The molecule has 3 aromatic carbocycles. The second-order valence-electron chi connectivity index (χ2n) is 7.97. The summed E-state index contributed by atoms with van der Waals surface area (Å²) < 4.78 is 31.9. The first-order chi connectivity index (χ1) is 16.2. The summed E-state index contributed by atoms with van der Waals surface area (Å²) in [4.78, 5) is 14.7. The van der Waals surface area contributed by atoms with E-state index < -0.39 is 0 Å². The van der Waals surface area contributed by atoms with Crippen LogP contribution in [0.5, 0.6) is 17.2 Å². The van der Waals surface area contributed by atoms with E-state index in [-0.39, 0.29) is 19.2 Å². The minimum absolute atomic E-state index is 0.0471. The van der Waals surface area contributed by atoms with Crippen LogP contribution in [0.4, 0.5) is 10.1 Å². The Morgan fingerprint density at radius 2 is 1.88 bits per heavy atom. The standard InChI is InChI=1S/C26H25FN2O4/c1-31-18-9-8-17(23(14-18)32-2)15-29-22-11-10-21-25(26(22)33-16-24(29)30)19-6-3-4-7-20(19)28(21)13-5-12-27/h3-4,6-11,14H,5,12-13,15-16H2,1-2H3. The molecule has 0 N–H and O–H groups in total. The molecule has 7 heteroatoms. The molecule has 1 aliphatic heterocycles. The number of halogens is 1. The molecule has 1 aliphatic rings. The molecule has 170 valence electrons. The van der Waals surface area contributed by atoms with Gasteiger partial charge in [0.05, 0.1) is 44.0 Å². The van der Waals surface area contributed by atoms with Crippen LogP contribution in [0.2, 0.25) is 0 Å². The van der Waals surface area contributed by atoms with Gasteiger partial charge in [0, 0.05) is 29.1 Å². The molecule has 5 rings (SSSR count). The molecule has 0 saturated heterocycles. The van der Waals surface area contributed by atoms with E-state index in [2.05, 4.69) is 4.57 Å². The molecule has 2 heterocycles. The Morgan fingerprint density at radius 1 is 1.03 bits per heavy atom. The Hall–Kier alpha value is -3.74. The van der Waals surface area contributed by atoms with Gasteiger partial charge >= 0.3 is 0 Å². The summed E-state index contributed by atoms with van der Waals surface area (Å²) in [6.07, 6.45) is 0.438. The number of carbonyl (C=O) groups excluding carboxylic acids is 1. The molecule has 0 aliphatic carbocycles. The number of aryl methyl sites for hydroxylation is 1. The first-order valence-electron chi connectivity index (χ1n) is 10.9. The smallest absolute Gasteiger partial charge is 0.265 e. The molecular formula is C26H25FN2O4. The average Bonchev–Trinajstić information content (AvgIpc) is 3.18. The number of hydrogen-bond acceptors (Lipinski definition) is 4. The zero-order valence-corrected chi connectivity index (χ0v) is 18.6. The van der Waals surface area contributed by atoms with Crippen molar-refractivity contribution < 1.29 is 23.4 Å². The zero-order valence-electron chi connectivity index (χ0n) is 18.6. The number of alkyl halides is 1. The van der Waals surface area contributed by atoms with Crippen LogP contribution >= 0.6 is 0 Å². The summed E-state index contributed by atoms with van der Waals surface area (Å²) in [6, 6.07) is 17.5. The third-order valence-electron chi connectivity index (χ3n) is 6.14. The van der Waals surface area contributed by atoms with Crippen molar-refractivity contribution in [3.05, 3.63) is 60.2 Å². The van der Waals surface area contributed by atoms with Gasteiger partial charge in [-0.15, -0.1) is 0 Å². The number of hydrogen-bond donors (Lipinski definition) is 0. The van der Waals surface area contributed by atoms with E-state index in [0.717, 1.165) is 27.4 Å². The van der Waals surface area contributed by atoms with Gasteiger partial charge in [-0.05, 0) is 36.8 Å². The number of fused-ring (bicyclic) bond motifs is 5. The van der Waals surface area contributed by atoms with E-state index in [0.29, 0.717) is 42.4 Å². The minimum Gasteiger partial charge on any atom is -0.497 e. The molecule has 1 aromatic heterocycles. The summed E-state index contributed by atoms with van der Waals surface area (Å²) in [5, 5.41) is 1.97. The zero-order chi connectivity index (χ0) is 22.9. The number of nitrogens with zero attached hydrogens (tertiary/aromatic N) is 2. The van der Waals surface area contributed by atoms with E-state index in [9.17, 15) is 9.18 Å². The maximum Gasteiger partial charge on any atom is 0.265 e. The Labute approximate surface area is 191 Å². The van der Waals surface area contributed by atoms with Crippen LogP contribution in [0.25, 0.3) is 21.8 Å². The van der Waals surface area contributed by atoms with Crippen LogP contribution in [0.15, 0.2) is 54.6 Å². The topological polar surface area (TPSA) is 52.9 Å². The average molecular weight is 448 g/mol. The van der Waals surface area contributed by atoms with E-state index in [4.69, 9.17) is 14.2 Å². The summed E-state index contributed by atoms with van der Waals surface area (Å²) in [6.45, 7) is 0.495. The van der Waals surface area contributed by atoms with Crippen molar-refractivity contribution in [2.75, 3.05) is 32.4 Å². The largest absolute Gasteiger partial charge is 0.497 e. The number of anilines is 1. The van der Waals surface area contributed by atoms with E-state index in [1.165, 1.54) is 0 Å². The molecule has 0 radical (unpaired) electrons. The van der Waals surface area contributed by atoms with Gasteiger partial charge in [-0.1, -0.05) is 18.2 Å². The highest BCUT2D eigenvalue weighted by Gasteiger charge is 2.30. The highest BCUT2D eigenvalue weighted by Crippen LogP contribution is 2.44. The summed E-state index contributed by atoms with van der Waals surface area (Å²) in [5.41, 5.74) is 3.58. The van der Waals surface area contributed by atoms with Crippen molar-refractivity contribution >= 4 is 33.4 Å². The molecule has 0 saturated carbocycles. The van der Waals surface area contributed by atoms with Crippen molar-refractivity contribution in [1.82, 2.24) is 4.57 Å². The third-order valence-corrected chi connectivity index (χ3v) is 6.14. The molecule has 0 atom stereocenters. The first-order valence-corrected chi connectivity index (χ1v) is 10.9. The van der Waals surface area contributed by atoms with Gasteiger partial charge in [0.2, 0.25) is 0 Å². The highest BCUT2D eigenvalue weighted by molar-refractivity contribution is 6.15. The predicted molar refractivity (Wildman–Crippen MR) is 126 cm³/mol. The van der Waals surface area contributed by atoms with Gasteiger partial charge < -0.3 is 23.7 Å². The molecule has 0 bridgehead atoms. The second-order valence-corrected chi connectivity index (χ2v) is 7.97. The van der Waals surface area contributed by atoms with Gasteiger partial charge in [-0.25, -0.2) is 0 Å². The van der Waals surface area contributed by atoms with Crippen LogP contribution < -0.4 is 19.1 Å². The van der Waals surface area contributed by atoms with E-state index in [1.54, 1.807) is 19.1 Å². The Morgan fingerprint density at radius 3 is 2.67 bits per heavy atom. The molecule has 0 fully saturated rings. The first kappa shape index (κ1) is 21.1. The SMILES string of the molecule is COc1ccc(CN2C(=O)COc3c2ccc2c3c3ccccc3n2CCCF)c(OC)c1. The molecule has 4 aromatic rings. The van der Waals surface area contributed by atoms with Crippen molar-refractivity contribution in [2.45, 2.75) is 19.5 Å². The number of carbonyl (C=O) groups is 1. The lowest BCUT2D eigenvalue weighted by atomic mass is 10.1. The van der Waals surface area contributed by atoms with Crippen LogP contribution in [-0.2, 0) is 17.9 Å². The normalized spacial score (nSPS) is 13.3. The number of amides is 1. The van der Waals surface area contributed by atoms with Crippen molar-refractivity contribution in [3.63, 3.8) is 0 Å². The molecule has 0 spiro atoms. The van der Waals surface area contributed by atoms with Crippen LogP contribution in [0, 0.1) is 0 Å². The maximum atomic E-state index is 13.0. The summed E-state index contributed by atoms with van der Waals surface area (Å²) >= 11 is 0. The Balaban J connectivity index is 1.64. The highest BCUT2D eigenvalue weighted by atomic mass is 19.1. The number of aromatic nitrogens is 1. The number of para-hydroxylation sites is 1. The van der Waals surface area contributed by atoms with Crippen molar-refractivity contribution in [2.24, 2.45) is 0 Å². The molecule has 0 unspecified atom stereocenters. The number of ether oxygens (including phenoxy) is 3. The third kappa shape index (κ3) is 3.53. The van der Waals surface area contributed by atoms with Gasteiger partial charge in [0.15, 0.2) is 12.4 Å². The maximum absolute atomic E-state index is 13.0. The number of rotatable bonds is 7. The summed E-state index contributed by atoms with van der Waals surface area (Å²) in [5.74, 6) is 1.89. The molecule has 1 amide bonds. The lowest BCUT2D eigenvalue weighted by Gasteiger charge is -2.30. The van der Waals surface area contributed by atoms with E-state index >= 15 is 0 Å². The monoisotopic (exact) mass is 448 g/mol. The van der Waals surface area contributed by atoms with Crippen LogP contribution in [-0.4, -0.2) is 38.0 Å². The second kappa shape index (κ2) is 8.65. The fourth-order valence-corrected chi connectivity index (χ4v) is 4.59. The van der Waals surface area contributed by atoms with Crippen molar-refractivity contribution in [3.8, 4) is 17.2 Å². The molecular weight excluding hydrogens is 423 g/mol. The Kier molecular flexibility index (Phi) is 5.54. The number of methoxy groups -OCH3 is 2. The van der Waals surface area contributed by atoms with Crippen LogP contribution in [0.3, 0.4) is 0 Å². The van der Waals surface area contributed by atoms with E-state index in [1.807, 2.05) is 54.6 Å². The van der Waals surface area contributed by atoms with Gasteiger partial charge in [-0.3, -0.25) is 9.18 Å². The Bertz CT molecular complexity index is 1350. The lowest BCUT2D eigenvalue weighted by molar-refractivity contribution is -0.121. The fraction of sp³-hybridized carbons (Fsp3) is 0.269. The van der Waals surface area contributed by atoms with Gasteiger partial charge in [0.1, 0.15) is 11.5 Å². The van der Waals surface area contributed by atoms with Crippen LogP contribution in [0.1, 0.15) is 12.0 Å². The minimum atomic E-state index is -0.374.